The lowest BCUT2D eigenvalue weighted by Gasteiger charge is -2.06. The normalized spacial score (nSPS) is 10.6. The molecule has 3 rings (SSSR count). The monoisotopic (exact) mass is 264 g/mol. The van der Waals surface area contributed by atoms with Gasteiger partial charge in [-0.15, -0.1) is 0 Å². The number of nitrogens with one attached hydrogen (secondary N) is 1. The van der Waals surface area contributed by atoms with Gasteiger partial charge in [0.1, 0.15) is 5.84 Å². The van der Waals surface area contributed by atoms with Gasteiger partial charge in [-0.05, 0) is 6.07 Å². The Morgan fingerprint density at radius 1 is 1.00 bits per heavy atom. The van der Waals surface area contributed by atoms with Crippen LogP contribution in [0.4, 0.5) is 0 Å². The van der Waals surface area contributed by atoms with Gasteiger partial charge in [0, 0.05) is 17.1 Å². The first-order valence-electron chi connectivity index (χ1n) is 6.16. The zero-order valence-corrected chi connectivity index (χ0v) is 10.6. The molecule has 2 N–H and O–H groups in total. The molecule has 4 nitrogen and oxygen atoms in total. The average molecular weight is 264 g/mol. The molecule has 0 aliphatic heterocycles. The van der Waals surface area contributed by atoms with E-state index in [0.29, 0.717) is 5.39 Å². The minimum atomic E-state index is -0.985. The van der Waals surface area contributed by atoms with Crippen molar-refractivity contribution in [1.82, 2.24) is 4.57 Å². The molecule has 0 amide bonds. The highest BCUT2D eigenvalue weighted by Gasteiger charge is 2.16. The third kappa shape index (κ3) is 1.87. The molecule has 0 radical (unpaired) electrons. The first kappa shape index (κ1) is 12.2. The number of carbonyl (C=O) groups is 1. The van der Waals surface area contributed by atoms with E-state index in [1.807, 2.05) is 42.5 Å². The predicted octanol–water partition coefficient (Wildman–Crippen LogP) is 3.21. The zero-order valence-electron chi connectivity index (χ0n) is 10.6. The van der Waals surface area contributed by atoms with Gasteiger partial charge in [-0.2, -0.15) is 0 Å². The van der Waals surface area contributed by atoms with Crippen molar-refractivity contribution >= 4 is 22.7 Å². The van der Waals surface area contributed by atoms with Gasteiger partial charge in [0.15, 0.2) is 0 Å². The Bertz CT molecular complexity index is 804. The summed E-state index contributed by atoms with van der Waals surface area (Å²) in [4.78, 5) is 11.3. The van der Waals surface area contributed by atoms with E-state index < -0.39 is 5.97 Å². The molecule has 0 spiro atoms. The van der Waals surface area contributed by atoms with Crippen molar-refractivity contribution < 1.29 is 9.90 Å². The summed E-state index contributed by atoms with van der Waals surface area (Å²) in [6.07, 6.45) is 1.50. The highest BCUT2D eigenvalue weighted by molar-refractivity contribution is 6.10. The van der Waals surface area contributed by atoms with Crippen LogP contribution in [0.5, 0.6) is 0 Å². The van der Waals surface area contributed by atoms with E-state index in [1.54, 1.807) is 16.7 Å². The number of benzene rings is 2. The van der Waals surface area contributed by atoms with E-state index in [1.165, 1.54) is 6.20 Å². The molecular formula is C16H12N2O2. The molecule has 1 aromatic heterocycles. The summed E-state index contributed by atoms with van der Waals surface area (Å²) in [6, 6.07) is 16.5. The van der Waals surface area contributed by atoms with E-state index in [2.05, 4.69) is 0 Å². The van der Waals surface area contributed by atoms with Crippen molar-refractivity contribution in [2.45, 2.75) is 0 Å². The Balaban J connectivity index is 2.22. The minimum absolute atomic E-state index is 0.210. The van der Waals surface area contributed by atoms with Gasteiger partial charge in [0.2, 0.25) is 0 Å². The third-order valence-electron chi connectivity index (χ3n) is 3.23. The third-order valence-corrected chi connectivity index (χ3v) is 3.23. The lowest BCUT2D eigenvalue weighted by Crippen LogP contribution is -2.10. The van der Waals surface area contributed by atoms with Crippen LogP contribution in [-0.4, -0.2) is 21.5 Å². The van der Waals surface area contributed by atoms with Crippen LogP contribution in [0.3, 0.4) is 0 Å². The summed E-state index contributed by atoms with van der Waals surface area (Å²) in [5.41, 5.74) is 1.67. The summed E-state index contributed by atoms with van der Waals surface area (Å²) in [6.45, 7) is 0. The number of rotatable bonds is 2. The number of aromatic carboxylic acids is 1. The highest BCUT2D eigenvalue weighted by Crippen LogP contribution is 2.22. The highest BCUT2D eigenvalue weighted by atomic mass is 16.4. The molecule has 0 bridgehead atoms. The van der Waals surface area contributed by atoms with Crippen molar-refractivity contribution in [1.29, 1.82) is 5.41 Å². The number of fused-ring (bicyclic) bond motifs is 1. The number of aromatic nitrogens is 1. The van der Waals surface area contributed by atoms with E-state index in [9.17, 15) is 9.90 Å². The van der Waals surface area contributed by atoms with Crippen LogP contribution < -0.4 is 0 Å². The maximum absolute atomic E-state index is 11.3. The van der Waals surface area contributed by atoms with Crippen LogP contribution in [-0.2, 0) is 0 Å². The smallest absolute Gasteiger partial charge is 0.337 e. The van der Waals surface area contributed by atoms with E-state index in [0.717, 1.165) is 11.1 Å². The fourth-order valence-corrected chi connectivity index (χ4v) is 2.27. The molecule has 0 aliphatic carbocycles. The number of para-hydroxylation sites is 1. The molecule has 3 aromatic rings. The van der Waals surface area contributed by atoms with E-state index in [4.69, 9.17) is 5.41 Å². The van der Waals surface area contributed by atoms with Crippen molar-refractivity contribution in [3.8, 4) is 0 Å². The summed E-state index contributed by atoms with van der Waals surface area (Å²) in [5.74, 6) is -0.727. The van der Waals surface area contributed by atoms with Crippen molar-refractivity contribution in [3.05, 3.63) is 71.9 Å². The molecule has 0 atom stereocenters. The van der Waals surface area contributed by atoms with E-state index >= 15 is 0 Å². The molecule has 0 fully saturated rings. The lowest BCUT2D eigenvalue weighted by molar-refractivity contribution is 0.0699. The molecular weight excluding hydrogens is 252 g/mol. The van der Waals surface area contributed by atoms with Crippen molar-refractivity contribution in [3.63, 3.8) is 0 Å². The summed E-state index contributed by atoms with van der Waals surface area (Å²) in [7, 11) is 0. The zero-order chi connectivity index (χ0) is 14.1. The van der Waals surface area contributed by atoms with Gasteiger partial charge in [0.05, 0.1) is 11.1 Å². The molecule has 2 aromatic carbocycles. The summed E-state index contributed by atoms with van der Waals surface area (Å²) >= 11 is 0. The average Bonchev–Trinajstić information content (AvgIpc) is 2.87. The van der Waals surface area contributed by atoms with Gasteiger partial charge >= 0.3 is 5.97 Å². The molecule has 20 heavy (non-hydrogen) atoms. The summed E-state index contributed by atoms with van der Waals surface area (Å²) in [5, 5.41) is 18.2. The fourth-order valence-electron chi connectivity index (χ4n) is 2.27. The Kier molecular flexibility index (Phi) is 2.84. The van der Waals surface area contributed by atoms with Crippen LogP contribution in [0.15, 0.2) is 60.8 Å². The van der Waals surface area contributed by atoms with Crippen LogP contribution in [0.2, 0.25) is 0 Å². The largest absolute Gasteiger partial charge is 0.478 e. The van der Waals surface area contributed by atoms with Crippen LogP contribution in [0.25, 0.3) is 10.9 Å². The number of hydrogen-bond acceptors (Lipinski definition) is 2. The molecule has 0 saturated heterocycles. The maximum atomic E-state index is 11.3. The van der Waals surface area contributed by atoms with Gasteiger partial charge in [-0.25, -0.2) is 4.79 Å². The fraction of sp³-hybridized carbons (Fsp3) is 0. The maximum Gasteiger partial charge on any atom is 0.337 e. The molecule has 4 heteroatoms. The van der Waals surface area contributed by atoms with Crippen LogP contribution in [0, 0.1) is 5.41 Å². The number of hydrogen-bond donors (Lipinski definition) is 2. The molecule has 1 heterocycles. The van der Waals surface area contributed by atoms with Crippen LogP contribution in [0.1, 0.15) is 15.9 Å². The first-order chi connectivity index (χ1) is 9.68. The van der Waals surface area contributed by atoms with E-state index in [-0.39, 0.29) is 11.4 Å². The molecule has 98 valence electrons. The second-order valence-electron chi connectivity index (χ2n) is 4.45. The predicted molar refractivity (Wildman–Crippen MR) is 77.6 cm³/mol. The van der Waals surface area contributed by atoms with Crippen molar-refractivity contribution in [2.75, 3.05) is 0 Å². The molecule has 0 unspecified atom stereocenters. The molecule has 0 saturated carbocycles. The Morgan fingerprint density at radius 2 is 1.65 bits per heavy atom. The van der Waals surface area contributed by atoms with Gasteiger partial charge in [-0.3, -0.25) is 5.41 Å². The molecule has 0 aliphatic rings. The van der Waals surface area contributed by atoms with Gasteiger partial charge in [-0.1, -0.05) is 48.5 Å². The SMILES string of the molecule is N=C(c1ccccc1)n1cc(C(=O)O)c2ccccc21. The number of carboxylic acid groups (broad SMARTS) is 1. The van der Waals surface area contributed by atoms with Gasteiger partial charge in [0.25, 0.3) is 0 Å². The topological polar surface area (TPSA) is 66.1 Å². The minimum Gasteiger partial charge on any atom is -0.478 e. The first-order valence-corrected chi connectivity index (χ1v) is 6.16. The Labute approximate surface area is 115 Å². The Hall–Kier alpha value is -2.88. The number of carboxylic acids is 1. The van der Waals surface area contributed by atoms with Crippen LogP contribution >= 0.6 is 0 Å². The summed E-state index contributed by atoms with van der Waals surface area (Å²) < 4.78 is 1.61. The number of nitrogens with zero attached hydrogens (tertiary/aromatic N) is 1. The Morgan fingerprint density at radius 3 is 2.35 bits per heavy atom. The van der Waals surface area contributed by atoms with Crippen molar-refractivity contribution in [2.24, 2.45) is 0 Å². The second kappa shape index (κ2) is 4.66. The lowest BCUT2D eigenvalue weighted by atomic mass is 10.2. The second-order valence-corrected chi connectivity index (χ2v) is 4.45. The standard InChI is InChI=1S/C16H12N2O2/c17-15(11-6-2-1-3-7-11)18-10-13(16(19)20)12-8-4-5-9-14(12)18/h1-10,17H,(H,19,20). The van der Waals surface area contributed by atoms with Gasteiger partial charge < -0.3 is 9.67 Å². The quantitative estimate of drug-likeness (QED) is 0.551.